The number of nitrogens with one attached hydrogen (secondary N) is 1. The number of carbonyl (C=O) groups excluding carboxylic acids is 3. The molecular weight excluding hydrogens is 600 g/mol. The Morgan fingerprint density at radius 2 is 1.40 bits per heavy atom. The van der Waals surface area contributed by atoms with Crippen LogP contribution in [0.3, 0.4) is 0 Å². The van der Waals surface area contributed by atoms with E-state index in [-0.39, 0.29) is 11.7 Å². The van der Waals surface area contributed by atoms with E-state index >= 15 is 9.59 Å². The minimum atomic E-state index is -1.43. The molecule has 8 rings (SSSR count). The number of hydrogen-bond donors (Lipinski definition) is 1. The highest BCUT2D eigenvalue weighted by molar-refractivity contribution is 6.16. The molecule has 1 N–H and O–H groups in total. The number of hydrogen-bond acceptors (Lipinski definition) is 6. The highest BCUT2D eigenvalue weighted by atomic mass is 16.5. The van der Waals surface area contributed by atoms with Crippen LogP contribution < -0.4 is 15.0 Å². The van der Waals surface area contributed by atoms with E-state index in [2.05, 4.69) is 5.32 Å². The van der Waals surface area contributed by atoms with Gasteiger partial charge in [0.25, 0.3) is 0 Å². The van der Waals surface area contributed by atoms with Gasteiger partial charge in [-0.3, -0.25) is 9.59 Å². The Kier molecular flexibility index (Phi) is 7.17. The maximum Gasteiger partial charge on any atom is 0.330 e. The van der Waals surface area contributed by atoms with Gasteiger partial charge < -0.3 is 19.7 Å². The van der Waals surface area contributed by atoms with Crippen molar-refractivity contribution in [2.24, 2.45) is 5.92 Å². The summed E-state index contributed by atoms with van der Waals surface area (Å²) in [6, 6.07) is 39.3. The summed E-state index contributed by atoms with van der Waals surface area (Å²) in [6.45, 7) is 0. The number of carbonyl (C=O) groups is 3. The maximum atomic E-state index is 15.1. The van der Waals surface area contributed by atoms with Crippen molar-refractivity contribution in [3.05, 3.63) is 167 Å². The van der Waals surface area contributed by atoms with Crippen molar-refractivity contribution in [1.29, 1.82) is 0 Å². The molecule has 5 aromatic rings. The van der Waals surface area contributed by atoms with Crippen molar-refractivity contribution < 1.29 is 23.9 Å². The number of benzene rings is 5. The molecule has 1 amide bonds. The zero-order valence-electron chi connectivity index (χ0n) is 26.2. The predicted molar refractivity (Wildman–Crippen MR) is 184 cm³/mol. The summed E-state index contributed by atoms with van der Waals surface area (Å²) in [6.07, 6.45) is 3.19. The van der Waals surface area contributed by atoms with Gasteiger partial charge in [0.1, 0.15) is 17.2 Å². The summed E-state index contributed by atoms with van der Waals surface area (Å²) < 4.78 is 11.9. The minimum Gasteiger partial charge on any atom is -0.497 e. The van der Waals surface area contributed by atoms with Crippen LogP contribution in [0.5, 0.6) is 5.75 Å². The molecule has 7 nitrogen and oxygen atoms in total. The van der Waals surface area contributed by atoms with Crippen LogP contribution in [0.1, 0.15) is 38.7 Å². The fourth-order valence-corrected chi connectivity index (χ4v) is 7.80. The van der Waals surface area contributed by atoms with Crippen molar-refractivity contribution in [2.75, 3.05) is 17.3 Å². The molecule has 1 spiro atoms. The molecule has 4 atom stereocenters. The number of ether oxygens (including phenoxy) is 2. The zero-order chi connectivity index (χ0) is 32.8. The van der Waals surface area contributed by atoms with Crippen LogP contribution in [0.25, 0.3) is 6.08 Å². The quantitative estimate of drug-likeness (QED) is 0.154. The van der Waals surface area contributed by atoms with Crippen molar-refractivity contribution in [3.63, 3.8) is 0 Å². The number of amides is 1. The summed E-state index contributed by atoms with van der Waals surface area (Å²) in [4.78, 5) is 46.7. The number of rotatable bonds is 7. The van der Waals surface area contributed by atoms with Crippen LogP contribution in [0.4, 0.5) is 11.4 Å². The molecule has 3 aliphatic rings. The van der Waals surface area contributed by atoms with Gasteiger partial charge in [0.2, 0.25) is 5.91 Å². The molecule has 0 aliphatic carbocycles. The first-order valence-corrected chi connectivity index (χ1v) is 16.0. The summed E-state index contributed by atoms with van der Waals surface area (Å²) in [5.74, 6) is -1.80. The molecule has 236 valence electrons. The van der Waals surface area contributed by atoms with Crippen molar-refractivity contribution in [1.82, 2.24) is 0 Å². The van der Waals surface area contributed by atoms with Crippen LogP contribution in [0, 0.1) is 5.92 Å². The zero-order valence-corrected chi connectivity index (χ0v) is 26.2. The number of fused-ring (bicyclic) bond motifs is 6. The third-order valence-electron chi connectivity index (χ3n) is 9.88. The van der Waals surface area contributed by atoms with E-state index in [0.29, 0.717) is 22.6 Å². The van der Waals surface area contributed by atoms with Crippen molar-refractivity contribution in [2.45, 2.75) is 23.6 Å². The van der Waals surface area contributed by atoms with Gasteiger partial charge in [-0.05, 0) is 58.7 Å². The highest BCUT2D eigenvalue weighted by Gasteiger charge is 2.71. The Morgan fingerprint density at radius 3 is 2.08 bits per heavy atom. The summed E-state index contributed by atoms with van der Waals surface area (Å²) in [7, 11) is 1.56. The van der Waals surface area contributed by atoms with Crippen LogP contribution in [-0.4, -0.2) is 36.9 Å². The molecule has 0 radical (unpaired) electrons. The number of nitrogens with zero attached hydrogens (tertiary/aromatic N) is 1. The van der Waals surface area contributed by atoms with E-state index < -0.39 is 35.5 Å². The monoisotopic (exact) mass is 632 g/mol. The van der Waals surface area contributed by atoms with Crippen molar-refractivity contribution >= 4 is 35.1 Å². The first-order valence-electron chi connectivity index (χ1n) is 16.0. The van der Waals surface area contributed by atoms with Gasteiger partial charge >= 0.3 is 5.97 Å². The molecule has 1 saturated heterocycles. The topological polar surface area (TPSA) is 84.9 Å². The number of methoxy groups -OCH3 is 1. The lowest BCUT2D eigenvalue weighted by Gasteiger charge is -2.37. The van der Waals surface area contributed by atoms with Gasteiger partial charge in [-0.1, -0.05) is 109 Å². The fourth-order valence-electron chi connectivity index (χ4n) is 7.80. The molecule has 5 aromatic carbocycles. The van der Waals surface area contributed by atoms with Gasteiger partial charge in [-0.2, -0.15) is 0 Å². The second-order valence-corrected chi connectivity index (χ2v) is 12.3. The normalized spacial score (nSPS) is 21.8. The molecule has 48 heavy (non-hydrogen) atoms. The Labute approximate surface area is 278 Å². The Hall–Kier alpha value is -5.95. The molecule has 0 aromatic heterocycles. The second kappa shape index (κ2) is 11.7. The largest absolute Gasteiger partial charge is 0.497 e. The molecule has 1 fully saturated rings. The van der Waals surface area contributed by atoms with Crippen LogP contribution in [-0.2, 0) is 19.7 Å². The Balaban J connectivity index is 1.35. The molecule has 3 heterocycles. The number of para-hydroxylation sites is 2. The molecular formula is C41H32N2O5. The van der Waals surface area contributed by atoms with Crippen molar-refractivity contribution in [3.8, 4) is 5.75 Å². The maximum absolute atomic E-state index is 15.1. The molecule has 0 saturated carbocycles. The SMILES string of the molecule is COc1ccc(C(=O)[C@@H]2[C@H](C(=O)OC(c3ccccc3)c3ccccc3)N3c4ccccc4C=C[C@H]3[C@@]23C(=O)Nc2ccccc23)cc1. The summed E-state index contributed by atoms with van der Waals surface area (Å²) in [5, 5.41) is 3.07. The van der Waals surface area contributed by atoms with E-state index in [1.54, 1.807) is 31.4 Å². The van der Waals surface area contributed by atoms with Crippen LogP contribution >= 0.6 is 0 Å². The van der Waals surface area contributed by atoms with E-state index in [9.17, 15) is 4.79 Å². The first-order chi connectivity index (χ1) is 23.5. The third-order valence-corrected chi connectivity index (χ3v) is 9.88. The fraction of sp³-hybridized carbons (Fsp3) is 0.146. The van der Waals surface area contributed by atoms with Gasteiger partial charge in [-0.15, -0.1) is 0 Å². The number of esters is 1. The molecule has 0 bridgehead atoms. The number of Topliss-reactive ketones (excluding diaryl/α,β-unsaturated/α-hetero) is 1. The van der Waals surface area contributed by atoms with Crippen LogP contribution in [0.15, 0.2) is 140 Å². The van der Waals surface area contributed by atoms with Gasteiger partial charge in [0.05, 0.1) is 19.1 Å². The molecule has 3 aliphatic heterocycles. The lowest BCUT2D eigenvalue weighted by Crippen LogP contribution is -2.51. The average molecular weight is 633 g/mol. The lowest BCUT2D eigenvalue weighted by molar-refractivity contribution is -0.150. The highest BCUT2D eigenvalue weighted by Crippen LogP contribution is 2.58. The standard InChI is InChI=1S/C41H32N2O5/c1-47-30-23-20-27(21-24-30)37(44)35-36(39(45)48-38(28-13-4-2-5-14-28)29-15-6-3-7-16-29)43-33-19-11-8-12-26(33)22-25-34(43)41(35)31-17-9-10-18-32(31)42-40(41)46/h2-25,34-36,38H,1H3,(H,42,46)/t34-,35-,36+,41+/m0/s1. The smallest absolute Gasteiger partial charge is 0.330 e. The number of anilines is 2. The van der Waals surface area contributed by atoms with Gasteiger partial charge in [0, 0.05) is 16.9 Å². The minimum absolute atomic E-state index is 0.326. The Morgan fingerprint density at radius 1 is 0.771 bits per heavy atom. The number of ketones is 1. The van der Waals surface area contributed by atoms with Crippen LogP contribution in [0.2, 0.25) is 0 Å². The Bertz CT molecular complexity index is 2020. The first kappa shape index (κ1) is 29.5. The van der Waals surface area contributed by atoms with Gasteiger partial charge in [0.15, 0.2) is 11.9 Å². The molecule has 7 heteroatoms. The summed E-state index contributed by atoms with van der Waals surface area (Å²) in [5.41, 5.74) is 3.47. The third kappa shape index (κ3) is 4.46. The summed E-state index contributed by atoms with van der Waals surface area (Å²) >= 11 is 0. The lowest BCUT2D eigenvalue weighted by atomic mass is 9.64. The second-order valence-electron chi connectivity index (χ2n) is 12.3. The van der Waals surface area contributed by atoms with E-state index in [4.69, 9.17) is 9.47 Å². The van der Waals surface area contributed by atoms with Gasteiger partial charge in [-0.25, -0.2) is 4.79 Å². The van der Waals surface area contributed by atoms with E-state index in [1.165, 1.54) is 0 Å². The molecule has 0 unspecified atom stereocenters. The average Bonchev–Trinajstić information content (AvgIpc) is 3.63. The van der Waals surface area contributed by atoms with E-state index in [1.807, 2.05) is 126 Å². The predicted octanol–water partition coefficient (Wildman–Crippen LogP) is 7.00. The van der Waals surface area contributed by atoms with E-state index in [0.717, 1.165) is 22.4 Å².